The van der Waals surface area contributed by atoms with Gasteiger partial charge in [0.1, 0.15) is 11.8 Å². The van der Waals surface area contributed by atoms with E-state index < -0.39 is 11.5 Å². The van der Waals surface area contributed by atoms with Crippen molar-refractivity contribution in [3.63, 3.8) is 0 Å². The van der Waals surface area contributed by atoms with Gasteiger partial charge < -0.3 is 9.47 Å². The number of esters is 2. The van der Waals surface area contributed by atoms with Gasteiger partial charge >= 0.3 is 11.9 Å². The van der Waals surface area contributed by atoms with Crippen molar-refractivity contribution in [1.29, 1.82) is 5.26 Å². The molecule has 1 saturated heterocycles. The monoisotopic (exact) mass is 285 g/mol. The Hall–Kier alpha value is -2.35. The van der Waals surface area contributed by atoms with Gasteiger partial charge in [0.05, 0.1) is 18.2 Å². The molecule has 3 rings (SSSR count). The molecule has 0 unspecified atom stereocenters. The maximum Gasteiger partial charge on any atom is 0.314 e. The first-order valence-corrected chi connectivity index (χ1v) is 7.03. The lowest BCUT2D eigenvalue weighted by Crippen LogP contribution is -2.56. The molecule has 21 heavy (non-hydrogen) atoms. The summed E-state index contributed by atoms with van der Waals surface area (Å²) < 4.78 is 10.6. The van der Waals surface area contributed by atoms with Crippen LogP contribution in [0.4, 0.5) is 0 Å². The summed E-state index contributed by atoms with van der Waals surface area (Å²) in [4.78, 5) is 23.9. The van der Waals surface area contributed by atoms with Crippen LogP contribution >= 0.6 is 0 Å². The van der Waals surface area contributed by atoms with Gasteiger partial charge in [-0.1, -0.05) is 12.1 Å². The molecule has 1 saturated carbocycles. The van der Waals surface area contributed by atoms with Crippen LogP contribution < -0.4 is 0 Å². The van der Waals surface area contributed by atoms with E-state index >= 15 is 0 Å². The van der Waals surface area contributed by atoms with Crippen LogP contribution in [0.1, 0.15) is 30.9 Å². The molecule has 1 aromatic carbocycles. The van der Waals surface area contributed by atoms with Gasteiger partial charge in [-0.25, -0.2) is 0 Å². The summed E-state index contributed by atoms with van der Waals surface area (Å²) >= 11 is 0. The highest BCUT2D eigenvalue weighted by molar-refractivity contribution is 5.87. The molecule has 5 nitrogen and oxygen atoms in total. The molecule has 1 aliphatic heterocycles. The quantitative estimate of drug-likeness (QED) is 0.793. The number of nitrogens with zero attached hydrogens (tertiary/aromatic N) is 1. The van der Waals surface area contributed by atoms with E-state index in [-0.39, 0.29) is 17.9 Å². The molecule has 1 aromatic rings. The van der Waals surface area contributed by atoms with Crippen molar-refractivity contribution >= 4 is 11.9 Å². The van der Waals surface area contributed by atoms with E-state index in [0.29, 0.717) is 25.0 Å². The molecule has 0 N–H and O–H groups in total. The summed E-state index contributed by atoms with van der Waals surface area (Å²) in [7, 11) is 0. The van der Waals surface area contributed by atoms with Crippen LogP contribution in [0.15, 0.2) is 24.3 Å². The van der Waals surface area contributed by atoms with Crippen molar-refractivity contribution in [3.8, 4) is 6.07 Å². The normalized spacial score (nSPS) is 29.8. The van der Waals surface area contributed by atoms with Crippen LogP contribution in [-0.2, 0) is 24.7 Å². The maximum absolute atomic E-state index is 12.2. The predicted octanol–water partition coefficient (Wildman–Crippen LogP) is 1.90. The summed E-state index contributed by atoms with van der Waals surface area (Å²) in [6.45, 7) is 2.06. The third kappa shape index (κ3) is 1.83. The van der Waals surface area contributed by atoms with Gasteiger partial charge in [-0.15, -0.1) is 0 Å². The lowest BCUT2D eigenvalue weighted by molar-refractivity contribution is -0.221. The second kappa shape index (κ2) is 4.88. The van der Waals surface area contributed by atoms with Gasteiger partial charge in [-0.3, -0.25) is 9.59 Å². The average Bonchev–Trinajstić information content (AvgIpc) is 2.81. The smallest absolute Gasteiger partial charge is 0.314 e. The van der Waals surface area contributed by atoms with Crippen molar-refractivity contribution < 1.29 is 19.1 Å². The van der Waals surface area contributed by atoms with Crippen LogP contribution in [0.3, 0.4) is 0 Å². The second-order valence-corrected chi connectivity index (χ2v) is 5.34. The Morgan fingerprint density at radius 2 is 2.14 bits per heavy atom. The molecule has 2 fully saturated rings. The summed E-state index contributed by atoms with van der Waals surface area (Å²) in [6.07, 6.45) is 1.21. The molecule has 0 radical (unpaired) electrons. The SMILES string of the molecule is CCOC(=O)[C@@H]1CC[C@@H]2C(=O)O[C@@]21c1ccc(C#N)cc1. The zero-order valence-electron chi connectivity index (χ0n) is 11.7. The topological polar surface area (TPSA) is 76.4 Å². The summed E-state index contributed by atoms with van der Waals surface area (Å²) in [5.74, 6) is -1.34. The van der Waals surface area contributed by atoms with E-state index in [1.54, 1.807) is 31.2 Å². The van der Waals surface area contributed by atoms with E-state index in [0.717, 1.165) is 5.56 Å². The number of carbonyl (C=O) groups is 2. The van der Waals surface area contributed by atoms with E-state index in [1.165, 1.54) is 0 Å². The third-order valence-electron chi connectivity index (χ3n) is 4.37. The highest BCUT2D eigenvalue weighted by Crippen LogP contribution is 2.58. The van der Waals surface area contributed by atoms with Crippen molar-refractivity contribution in [2.45, 2.75) is 25.4 Å². The maximum atomic E-state index is 12.2. The van der Waals surface area contributed by atoms with Crippen molar-refractivity contribution in [2.75, 3.05) is 6.61 Å². The lowest BCUT2D eigenvalue weighted by atomic mass is 9.74. The molecule has 0 aromatic heterocycles. The fraction of sp³-hybridized carbons (Fsp3) is 0.438. The van der Waals surface area contributed by atoms with Crippen molar-refractivity contribution in [2.24, 2.45) is 11.8 Å². The Bertz CT molecular complexity index is 631. The molecule has 0 amide bonds. The van der Waals surface area contributed by atoms with E-state index in [2.05, 4.69) is 6.07 Å². The zero-order chi connectivity index (χ0) is 15.0. The van der Waals surface area contributed by atoms with Crippen LogP contribution in [0.2, 0.25) is 0 Å². The number of rotatable bonds is 3. The van der Waals surface area contributed by atoms with Gasteiger partial charge in [0.2, 0.25) is 0 Å². The molecular weight excluding hydrogens is 270 g/mol. The van der Waals surface area contributed by atoms with E-state index in [4.69, 9.17) is 14.7 Å². The van der Waals surface area contributed by atoms with Crippen LogP contribution in [0.25, 0.3) is 0 Å². The number of benzene rings is 1. The summed E-state index contributed by atoms with van der Waals surface area (Å²) in [5.41, 5.74) is 0.391. The zero-order valence-corrected chi connectivity index (χ0v) is 11.7. The number of ether oxygens (including phenoxy) is 2. The first kappa shape index (κ1) is 13.6. The van der Waals surface area contributed by atoms with E-state index in [1.807, 2.05) is 0 Å². The molecule has 108 valence electrons. The van der Waals surface area contributed by atoms with Crippen LogP contribution in [0, 0.1) is 23.2 Å². The molecule has 1 heterocycles. The predicted molar refractivity (Wildman–Crippen MR) is 71.8 cm³/mol. The first-order valence-electron chi connectivity index (χ1n) is 7.03. The Kier molecular flexibility index (Phi) is 3.17. The molecule has 0 bridgehead atoms. The summed E-state index contributed by atoms with van der Waals surface area (Å²) in [5, 5.41) is 8.87. The Labute approximate surface area is 122 Å². The van der Waals surface area contributed by atoms with Gasteiger partial charge in [0, 0.05) is 0 Å². The summed E-state index contributed by atoms with van der Waals surface area (Å²) in [6, 6.07) is 8.92. The van der Waals surface area contributed by atoms with Gasteiger partial charge in [-0.2, -0.15) is 5.26 Å². The van der Waals surface area contributed by atoms with Gasteiger partial charge in [0.25, 0.3) is 0 Å². The molecule has 5 heteroatoms. The number of fused-ring (bicyclic) bond motifs is 1. The van der Waals surface area contributed by atoms with Gasteiger partial charge in [-0.05, 0) is 37.5 Å². The first-order chi connectivity index (χ1) is 10.1. The Balaban J connectivity index is 1.99. The fourth-order valence-electron chi connectivity index (χ4n) is 3.42. The molecular formula is C16H15NO4. The largest absolute Gasteiger partial charge is 0.466 e. The molecule has 3 atom stereocenters. The second-order valence-electron chi connectivity index (χ2n) is 5.34. The molecule has 2 aliphatic rings. The fourth-order valence-corrected chi connectivity index (χ4v) is 3.42. The minimum absolute atomic E-state index is 0.258. The average molecular weight is 285 g/mol. The number of hydrogen-bond donors (Lipinski definition) is 0. The standard InChI is InChI=1S/C16H15NO4/c1-2-20-14(18)12-7-8-13-15(19)21-16(12,13)11-5-3-10(9-17)4-6-11/h3-6,12-13H,2,7-8H2,1H3/t12-,13+,16+/m0/s1. The minimum atomic E-state index is -0.905. The Morgan fingerprint density at radius 1 is 1.43 bits per heavy atom. The molecule has 1 aliphatic carbocycles. The minimum Gasteiger partial charge on any atom is -0.466 e. The number of carbonyl (C=O) groups excluding carboxylic acids is 2. The Morgan fingerprint density at radius 3 is 2.71 bits per heavy atom. The van der Waals surface area contributed by atoms with Crippen LogP contribution in [0.5, 0.6) is 0 Å². The highest BCUT2D eigenvalue weighted by Gasteiger charge is 2.67. The highest BCUT2D eigenvalue weighted by atomic mass is 16.6. The van der Waals surface area contributed by atoms with Crippen molar-refractivity contribution in [1.82, 2.24) is 0 Å². The third-order valence-corrected chi connectivity index (χ3v) is 4.37. The lowest BCUT2D eigenvalue weighted by Gasteiger charge is -2.46. The number of nitriles is 1. The van der Waals surface area contributed by atoms with Crippen molar-refractivity contribution in [3.05, 3.63) is 35.4 Å². The number of hydrogen-bond acceptors (Lipinski definition) is 5. The van der Waals surface area contributed by atoms with E-state index in [9.17, 15) is 9.59 Å². The van der Waals surface area contributed by atoms with Gasteiger partial charge in [0.15, 0.2) is 5.60 Å². The van der Waals surface area contributed by atoms with Crippen LogP contribution in [-0.4, -0.2) is 18.5 Å². The molecule has 0 spiro atoms.